The van der Waals surface area contributed by atoms with Crippen LogP contribution in [0.1, 0.15) is 0 Å². The molecule has 0 saturated carbocycles. The number of nitrogens with zero attached hydrogens (tertiary/aromatic N) is 1. The Morgan fingerprint density at radius 2 is 2.80 bits per heavy atom. The van der Waals surface area contributed by atoms with Gasteiger partial charge < -0.3 is 0 Å². The summed E-state index contributed by atoms with van der Waals surface area (Å²) in [5.74, 6) is 0. The van der Waals surface area contributed by atoms with Crippen LogP contribution in [0.15, 0.2) is 13.9 Å². The molecule has 0 fully saturated rings. The van der Waals surface area contributed by atoms with Gasteiger partial charge >= 0.3 is 39.4 Å². The van der Waals surface area contributed by atoms with Gasteiger partial charge in [0.15, 0.2) is 0 Å². The molecule has 0 unspecified atom stereocenters. The van der Waals surface area contributed by atoms with E-state index in [2.05, 4.69) is 13.9 Å². The summed E-state index contributed by atoms with van der Waals surface area (Å²) in [7, 11) is 0. The molecule has 1 heterocycles. The summed E-state index contributed by atoms with van der Waals surface area (Å²) >= 11 is 0.0833. The van der Waals surface area contributed by atoms with Crippen LogP contribution in [0.3, 0.4) is 0 Å². The molecule has 0 N–H and O–H groups in total. The van der Waals surface area contributed by atoms with E-state index in [0.717, 1.165) is 6.54 Å². The van der Waals surface area contributed by atoms with Crippen LogP contribution in [-0.2, 0) is 19.0 Å². The zero-order valence-corrected chi connectivity index (χ0v) is 4.37. The summed E-state index contributed by atoms with van der Waals surface area (Å²) in [5.41, 5.74) is 0. The molecule has 0 saturated heterocycles. The molecular weight excluding hydrogens is 97.9 g/mol. The Bertz CT molecular complexity index is 65.0. The fourth-order valence-electron chi connectivity index (χ4n) is 0.264. The average molecular weight is 102 g/mol. The van der Waals surface area contributed by atoms with E-state index in [1.54, 1.807) is 0 Å². The molecule has 0 aromatic carbocycles. The zero-order chi connectivity index (χ0) is 3.54. The van der Waals surface area contributed by atoms with Crippen molar-refractivity contribution in [3.05, 3.63) is 10.5 Å². The predicted octanol–water partition coefficient (Wildman–Crippen LogP) is 0.780. The summed E-state index contributed by atoms with van der Waals surface area (Å²) in [6.45, 7) is 1.00. The van der Waals surface area contributed by atoms with Crippen molar-refractivity contribution in [2.24, 2.45) is 3.42 Å². The third kappa shape index (κ3) is 0.783. The minimum atomic E-state index is 0.0833. The van der Waals surface area contributed by atoms with Gasteiger partial charge in [-0.05, 0) is 0 Å². The van der Waals surface area contributed by atoms with E-state index in [9.17, 15) is 0 Å². The van der Waals surface area contributed by atoms with Crippen molar-refractivity contribution in [2.75, 3.05) is 6.54 Å². The molecule has 0 spiro atoms. The van der Waals surface area contributed by atoms with Gasteiger partial charge in [0.25, 0.3) is 0 Å². The Morgan fingerprint density at radius 3 is 3.00 bits per heavy atom. The molecule has 5 heavy (non-hydrogen) atoms. The van der Waals surface area contributed by atoms with Crippen LogP contribution in [0, 0.1) is 0 Å². The first kappa shape index (κ1) is 3.44. The average Bonchev–Trinajstić information content (AvgIpc) is 1.76. The van der Waals surface area contributed by atoms with Crippen LogP contribution in [0.4, 0.5) is 0 Å². The van der Waals surface area contributed by atoms with E-state index < -0.39 is 0 Å². The summed E-state index contributed by atoms with van der Waals surface area (Å²) < 4.78 is 6.29. The molecule has 0 atom stereocenters. The van der Waals surface area contributed by atoms with E-state index in [-0.39, 0.29) is 19.0 Å². The molecule has 0 bridgehead atoms. The summed E-state index contributed by atoms with van der Waals surface area (Å²) in [6.07, 6.45) is 2.12. The molecule has 1 aliphatic rings. The van der Waals surface area contributed by atoms with Crippen molar-refractivity contribution in [2.45, 2.75) is 0 Å². The Morgan fingerprint density at radius 1 is 1.80 bits per heavy atom. The molecule has 0 aliphatic carbocycles. The van der Waals surface area contributed by atoms with Crippen LogP contribution in [0.25, 0.3) is 0 Å². The van der Waals surface area contributed by atoms with Crippen LogP contribution in [0.5, 0.6) is 0 Å². The summed E-state index contributed by atoms with van der Waals surface area (Å²) in [4.78, 5) is 0. The van der Waals surface area contributed by atoms with E-state index in [1.165, 1.54) is 0 Å². The van der Waals surface area contributed by atoms with Crippen LogP contribution < -0.4 is 0 Å². The molecule has 2 heteroatoms. The third-order valence-corrected chi connectivity index (χ3v) is 1.65. The minimum absolute atomic E-state index is 0.0833. The van der Waals surface area contributed by atoms with E-state index in [4.69, 9.17) is 0 Å². The molecule has 1 aliphatic heterocycles. The first-order valence-corrected chi connectivity index (χ1v) is 3.17. The Labute approximate surface area is 39.9 Å². The van der Waals surface area contributed by atoms with Crippen LogP contribution in [0.2, 0.25) is 0 Å². The van der Waals surface area contributed by atoms with E-state index >= 15 is 0 Å². The summed E-state index contributed by atoms with van der Waals surface area (Å²) in [5, 5.41) is 0. The topological polar surface area (TPSA) is 12.4 Å². The Balaban J connectivity index is 2.61. The summed E-state index contributed by atoms with van der Waals surface area (Å²) in [6, 6.07) is 0. The number of hydrogen-bond acceptors (Lipinski definition) is 1. The van der Waals surface area contributed by atoms with Crippen molar-refractivity contribution < 1.29 is 19.0 Å². The standard InChI is InChI=1S/C3H4N.Ti/c1-2-3-4;/h1-2H,3H2;. The molecule has 0 aromatic rings. The van der Waals surface area contributed by atoms with Gasteiger partial charge in [0.05, 0.1) is 0 Å². The molecule has 0 aromatic heterocycles. The van der Waals surface area contributed by atoms with Gasteiger partial charge in [-0.3, -0.25) is 0 Å². The predicted molar refractivity (Wildman–Crippen MR) is 16.4 cm³/mol. The first-order chi connectivity index (χ1) is 2.50. The monoisotopic (exact) mass is 102 g/mol. The number of hydrogen-bond donors (Lipinski definition) is 0. The second kappa shape index (κ2) is 1.63. The Hall–Kier alpha value is 0.254. The van der Waals surface area contributed by atoms with Crippen molar-refractivity contribution in [1.29, 1.82) is 0 Å². The maximum absolute atomic E-state index is 4.10. The van der Waals surface area contributed by atoms with Gasteiger partial charge in [-0.15, -0.1) is 0 Å². The first-order valence-electron chi connectivity index (χ1n) is 1.57. The quantitative estimate of drug-likeness (QED) is 0.400. The van der Waals surface area contributed by atoms with Crippen molar-refractivity contribution in [3.8, 4) is 0 Å². The Kier molecular flexibility index (Phi) is 1.12. The van der Waals surface area contributed by atoms with Crippen molar-refractivity contribution in [1.82, 2.24) is 0 Å². The number of rotatable bonds is 0. The molecule has 0 radical (unpaired) electrons. The molecule has 1 nitrogen and oxygen atoms in total. The van der Waals surface area contributed by atoms with Gasteiger partial charge in [0.1, 0.15) is 0 Å². The fourth-order valence-corrected chi connectivity index (χ4v) is 1.09. The van der Waals surface area contributed by atoms with Crippen LogP contribution >= 0.6 is 0 Å². The fraction of sp³-hybridized carbons (Fsp3) is 0.333. The van der Waals surface area contributed by atoms with Gasteiger partial charge in [0.2, 0.25) is 0 Å². The molecule has 1 rings (SSSR count). The van der Waals surface area contributed by atoms with E-state index in [0.29, 0.717) is 0 Å². The van der Waals surface area contributed by atoms with E-state index in [1.807, 2.05) is 0 Å². The van der Waals surface area contributed by atoms with Gasteiger partial charge in [0, 0.05) is 0 Å². The van der Waals surface area contributed by atoms with Crippen LogP contribution in [-0.4, -0.2) is 6.54 Å². The third-order valence-electron chi connectivity index (χ3n) is 0.480. The second-order valence-corrected chi connectivity index (χ2v) is 2.29. The zero-order valence-electron chi connectivity index (χ0n) is 2.81. The van der Waals surface area contributed by atoms with Crippen molar-refractivity contribution in [3.63, 3.8) is 0 Å². The second-order valence-electron chi connectivity index (χ2n) is 0.872. The maximum atomic E-state index is 4.10. The van der Waals surface area contributed by atoms with Gasteiger partial charge in [-0.1, -0.05) is 0 Å². The van der Waals surface area contributed by atoms with Crippen molar-refractivity contribution >= 4 is 0 Å². The molecule has 25 valence electrons. The molecule has 0 amide bonds. The van der Waals surface area contributed by atoms with Gasteiger partial charge in [-0.25, -0.2) is 0 Å². The normalized spacial score (nSPS) is 16.0. The SMILES string of the molecule is C1=[CH][Ti]=[N]C1. The van der Waals surface area contributed by atoms with Gasteiger partial charge in [-0.2, -0.15) is 0 Å². The molecular formula is C3H4NTi.